The predicted octanol–water partition coefficient (Wildman–Crippen LogP) is 2.81. The molecular formula is C17H31F3IN7. The molecule has 11 heteroatoms. The number of rotatable bonds is 9. The highest BCUT2D eigenvalue weighted by atomic mass is 127. The summed E-state index contributed by atoms with van der Waals surface area (Å²) >= 11 is 0. The van der Waals surface area contributed by atoms with Gasteiger partial charge in [0.1, 0.15) is 5.69 Å². The summed E-state index contributed by atoms with van der Waals surface area (Å²) in [6.07, 6.45) is -3.40. The van der Waals surface area contributed by atoms with Crippen LogP contribution in [0.2, 0.25) is 0 Å². The highest BCUT2D eigenvalue weighted by Gasteiger charge is 2.32. The molecule has 0 atom stereocenters. The number of nitrogens with one attached hydrogen (secondary N) is 3. The molecule has 0 aromatic carbocycles. The van der Waals surface area contributed by atoms with Crippen molar-refractivity contribution in [3.8, 4) is 0 Å². The molecule has 0 spiro atoms. The molecule has 0 unspecified atom stereocenters. The summed E-state index contributed by atoms with van der Waals surface area (Å²) in [4.78, 5) is 13.7. The first-order valence-corrected chi connectivity index (χ1v) is 8.99. The van der Waals surface area contributed by atoms with Gasteiger partial charge in [0, 0.05) is 51.5 Å². The van der Waals surface area contributed by atoms with Crippen LogP contribution >= 0.6 is 24.0 Å². The van der Waals surface area contributed by atoms with Crippen molar-refractivity contribution in [2.45, 2.75) is 46.0 Å². The van der Waals surface area contributed by atoms with Gasteiger partial charge in [-0.3, -0.25) is 9.89 Å². The standard InChI is InChI=1S/C17H30F3N7.HI/c1-12(2)27(13(3)4)11-10-25-15(21-5)23-8-9-24-16-22-7-6-14(26-16)17(18,19)20;/h6-7,12-13H,8-11H2,1-5H3,(H2,21,23,25)(H,22,24,26);1H. The van der Waals surface area contributed by atoms with Crippen LogP contribution < -0.4 is 16.0 Å². The molecule has 1 aromatic rings. The van der Waals surface area contributed by atoms with E-state index in [2.05, 4.69) is 63.5 Å². The van der Waals surface area contributed by atoms with E-state index in [-0.39, 0.29) is 29.9 Å². The van der Waals surface area contributed by atoms with Gasteiger partial charge in [0.05, 0.1) is 0 Å². The normalized spacial score (nSPS) is 12.3. The van der Waals surface area contributed by atoms with E-state index in [0.29, 0.717) is 31.1 Å². The molecule has 0 amide bonds. The Labute approximate surface area is 182 Å². The van der Waals surface area contributed by atoms with E-state index < -0.39 is 11.9 Å². The van der Waals surface area contributed by atoms with Crippen molar-refractivity contribution >= 4 is 35.9 Å². The molecule has 28 heavy (non-hydrogen) atoms. The van der Waals surface area contributed by atoms with Crippen molar-refractivity contribution in [2.24, 2.45) is 4.99 Å². The van der Waals surface area contributed by atoms with Crippen LogP contribution in [0.1, 0.15) is 33.4 Å². The Morgan fingerprint density at radius 1 is 1.11 bits per heavy atom. The van der Waals surface area contributed by atoms with Crippen LogP contribution in [0.25, 0.3) is 0 Å². The first kappa shape index (κ1) is 26.6. The second-order valence-electron chi connectivity index (χ2n) is 6.54. The molecule has 0 aliphatic carbocycles. The SMILES string of the molecule is CN=C(NCCNc1nccc(C(F)(F)F)n1)NCCN(C(C)C)C(C)C.I. The summed E-state index contributed by atoms with van der Waals surface area (Å²) in [5.41, 5.74) is -0.967. The molecule has 1 heterocycles. The van der Waals surface area contributed by atoms with Crippen LogP contribution in [0.15, 0.2) is 17.3 Å². The van der Waals surface area contributed by atoms with Crippen LogP contribution in [-0.4, -0.2) is 66.1 Å². The van der Waals surface area contributed by atoms with Crippen molar-refractivity contribution in [2.75, 3.05) is 38.5 Å². The first-order valence-electron chi connectivity index (χ1n) is 8.99. The van der Waals surface area contributed by atoms with Crippen molar-refractivity contribution in [1.29, 1.82) is 0 Å². The maximum absolute atomic E-state index is 12.6. The molecule has 0 saturated carbocycles. The minimum atomic E-state index is -4.48. The van der Waals surface area contributed by atoms with Gasteiger partial charge in [-0.1, -0.05) is 0 Å². The average Bonchev–Trinajstić information content (AvgIpc) is 2.59. The molecule has 0 aliphatic heterocycles. The maximum atomic E-state index is 12.6. The number of nitrogens with zero attached hydrogens (tertiary/aromatic N) is 4. The lowest BCUT2D eigenvalue weighted by Gasteiger charge is -2.30. The Bertz CT molecular complexity index is 586. The maximum Gasteiger partial charge on any atom is 0.433 e. The summed E-state index contributed by atoms with van der Waals surface area (Å²) in [6.45, 7) is 11.1. The number of halogens is 4. The number of guanidine groups is 1. The summed E-state index contributed by atoms with van der Waals surface area (Å²) in [7, 11) is 1.67. The topological polar surface area (TPSA) is 77.5 Å². The zero-order valence-corrected chi connectivity index (χ0v) is 19.3. The van der Waals surface area contributed by atoms with Crippen molar-refractivity contribution in [1.82, 2.24) is 25.5 Å². The zero-order chi connectivity index (χ0) is 20.4. The van der Waals surface area contributed by atoms with Gasteiger partial charge >= 0.3 is 6.18 Å². The van der Waals surface area contributed by atoms with Crippen LogP contribution in [0.3, 0.4) is 0 Å². The fourth-order valence-electron chi connectivity index (χ4n) is 2.59. The third-order valence-corrected chi connectivity index (χ3v) is 3.86. The van der Waals surface area contributed by atoms with E-state index >= 15 is 0 Å². The zero-order valence-electron chi connectivity index (χ0n) is 17.0. The average molecular weight is 517 g/mol. The van der Waals surface area contributed by atoms with Gasteiger partial charge in [-0.05, 0) is 33.8 Å². The monoisotopic (exact) mass is 517 g/mol. The van der Waals surface area contributed by atoms with Gasteiger partial charge in [0.15, 0.2) is 5.96 Å². The lowest BCUT2D eigenvalue weighted by Crippen LogP contribution is -2.46. The van der Waals surface area contributed by atoms with Gasteiger partial charge in [-0.15, -0.1) is 24.0 Å². The second kappa shape index (κ2) is 13.0. The van der Waals surface area contributed by atoms with E-state index in [9.17, 15) is 13.2 Å². The van der Waals surface area contributed by atoms with E-state index in [1.165, 1.54) is 0 Å². The molecule has 162 valence electrons. The van der Waals surface area contributed by atoms with Crippen molar-refractivity contribution in [3.63, 3.8) is 0 Å². The number of hydrogen-bond donors (Lipinski definition) is 3. The van der Waals surface area contributed by atoms with E-state index in [1.54, 1.807) is 7.05 Å². The Morgan fingerprint density at radius 3 is 2.25 bits per heavy atom. The molecule has 0 aliphatic rings. The van der Waals surface area contributed by atoms with Gasteiger partial charge in [0.25, 0.3) is 0 Å². The molecule has 0 radical (unpaired) electrons. The highest BCUT2D eigenvalue weighted by molar-refractivity contribution is 14.0. The smallest absolute Gasteiger partial charge is 0.355 e. The Balaban J connectivity index is 0.00000729. The summed E-state index contributed by atoms with van der Waals surface area (Å²) in [5.74, 6) is 0.577. The lowest BCUT2D eigenvalue weighted by atomic mass is 10.2. The van der Waals surface area contributed by atoms with Crippen molar-refractivity contribution in [3.05, 3.63) is 18.0 Å². The van der Waals surface area contributed by atoms with Crippen LogP contribution in [0.5, 0.6) is 0 Å². The minimum absolute atomic E-state index is 0. The number of anilines is 1. The summed E-state index contributed by atoms with van der Waals surface area (Å²) in [5, 5.41) is 9.09. The Morgan fingerprint density at radius 2 is 1.71 bits per heavy atom. The first-order chi connectivity index (χ1) is 12.6. The largest absolute Gasteiger partial charge is 0.433 e. The molecule has 1 aromatic heterocycles. The van der Waals surface area contributed by atoms with Gasteiger partial charge in [0.2, 0.25) is 5.95 Å². The minimum Gasteiger partial charge on any atom is -0.355 e. The van der Waals surface area contributed by atoms with Crippen LogP contribution in [0, 0.1) is 0 Å². The van der Waals surface area contributed by atoms with Gasteiger partial charge < -0.3 is 16.0 Å². The fraction of sp³-hybridized carbons (Fsp3) is 0.706. The summed E-state index contributed by atoms with van der Waals surface area (Å²) in [6, 6.07) is 1.75. The Kier molecular flexibility index (Phi) is 12.3. The van der Waals surface area contributed by atoms with Crippen molar-refractivity contribution < 1.29 is 13.2 Å². The second-order valence-corrected chi connectivity index (χ2v) is 6.54. The predicted molar refractivity (Wildman–Crippen MR) is 117 cm³/mol. The number of aliphatic imine (C=N–C) groups is 1. The molecule has 0 bridgehead atoms. The van der Waals surface area contributed by atoms with E-state index in [0.717, 1.165) is 25.4 Å². The number of hydrogen-bond acceptors (Lipinski definition) is 5. The molecule has 3 N–H and O–H groups in total. The van der Waals surface area contributed by atoms with E-state index in [1.807, 2.05) is 0 Å². The molecule has 0 fully saturated rings. The molecular weight excluding hydrogens is 486 g/mol. The fourth-order valence-corrected chi connectivity index (χ4v) is 2.59. The Hall–Kier alpha value is -1.37. The lowest BCUT2D eigenvalue weighted by molar-refractivity contribution is -0.141. The third-order valence-electron chi connectivity index (χ3n) is 3.86. The van der Waals surface area contributed by atoms with E-state index in [4.69, 9.17) is 0 Å². The summed E-state index contributed by atoms with van der Waals surface area (Å²) < 4.78 is 37.9. The number of alkyl halides is 3. The quantitative estimate of drug-likeness (QED) is 0.203. The number of aromatic nitrogens is 2. The molecule has 7 nitrogen and oxygen atoms in total. The van der Waals surface area contributed by atoms with Crippen LogP contribution in [-0.2, 0) is 6.18 Å². The van der Waals surface area contributed by atoms with Gasteiger partial charge in [-0.25, -0.2) is 9.97 Å². The van der Waals surface area contributed by atoms with Gasteiger partial charge in [-0.2, -0.15) is 13.2 Å². The third kappa shape index (κ3) is 9.71. The van der Waals surface area contributed by atoms with Crippen LogP contribution in [0.4, 0.5) is 19.1 Å². The molecule has 0 saturated heterocycles. The molecule has 1 rings (SSSR count). The highest BCUT2D eigenvalue weighted by Crippen LogP contribution is 2.27.